The molecule has 0 atom stereocenters. The zero-order valence-corrected chi connectivity index (χ0v) is 23.4. The van der Waals surface area contributed by atoms with Crippen molar-refractivity contribution in [1.29, 1.82) is 0 Å². The van der Waals surface area contributed by atoms with E-state index in [2.05, 4.69) is 15.2 Å². The van der Waals surface area contributed by atoms with Crippen LogP contribution in [-0.2, 0) is 16.0 Å². The molecular formula is C29H35N5O4S. The van der Waals surface area contributed by atoms with Crippen molar-refractivity contribution in [3.05, 3.63) is 71.2 Å². The molecule has 2 heterocycles. The highest BCUT2D eigenvalue weighted by Gasteiger charge is 2.23. The van der Waals surface area contributed by atoms with Crippen LogP contribution < -0.4 is 15.0 Å². The van der Waals surface area contributed by atoms with Gasteiger partial charge in [-0.1, -0.05) is 32.0 Å². The van der Waals surface area contributed by atoms with E-state index < -0.39 is 0 Å². The Morgan fingerprint density at radius 3 is 2.36 bits per heavy atom. The molecule has 9 nitrogen and oxygen atoms in total. The first-order valence-corrected chi connectivity index (χ1v) is 14.0. The minimum atomic E-state index is -0.318. The number of anilines is 2. The minimum absolute atomic E-state index is 0.0177. The third kappa shape index (κ3) is 7.79. The molecule has 1 N–H and O–H groups in total. The maximum Gasteiger partial charge on any atom is 0.254 e. The first kappa shape index (κ1) is 28.1. The van der Waals surface area contributed by atoms with Crippen molar-refractivity contribution in [1.82, 2.24) is 14.8 Å². The number of carbonyl (C=O) groups excluding carboxylic acids is 3. The number of benzene rings is 2. The number of rotatable bonds is 10. The van der Waals surface area contributed by atoms with Crippen LogP contribution >= 0.6 is 11.3 Å². The van der Waals surface area contributed by atoms with Gasteiger partial charge in [-0.2, -0.15) is 0 Å². The van der Waals surface area contributed by atoms with Gasteiger partial charge >= 0.3 is 0 Å². The zero-order valence-electron chi connectivity index (χ0n) is 22.6. The highest BCUT2D eigenvalue weighted by atomic mass is 32.1. The van der Waals surface area contributed by atoms with Crippen LogP contribution in [0.4, 0.5) is 10.8 Å². The Bertz CT molecular complexity index is 1250. The van der Waals surface area contributed by atoms with Gasteiger partial charge in [0.25, 0.3) is 5.91 Å². The Labute approximate surface area is 233 Å². The number of nitrogens with one attached hydrogen (secondary N) is 1. The van der Waals surface area contributed by atoms with Gasteiger partial charge in [-0.3, -0.25) is 14.4 Å². The smallest absolute Gasteiger partial charge is 0.254 e. The van der Waals surface area contributed by atoms with Crippen LogP contribution in [0.25, 0.3) is 0 Å². The van der Waals surface area contributed by atoms with Crippen molar-refractivity contribution in [2.75, 3.05) is 56.6 Å². The van der Waals surface area contributed by atoms with Crippen molar-refractivity contribution in [3.63, 3.8) is 0 Å². The quantitative estimate of drug-likeness (QED) is 0.414. The lowest BCUT2D eigenvalue weighted by molar-refractivity contribution is -0.130. The Morgan fingerprint density at radius 2 is 1.72 bits per heavy atom. The summed E-state index contributed by atoms with van der Waals surface area (Å²) in [6.45, 7) is 7.19. The lowest BCUT2D eigenvalue weighted by atomic mass is 10.1. The van der Waals surface area contributed by atoms with Gasteiger partial charge in [0.2, 0.25) is 11.8 Å². The fourth-order valence-electron chi connectivity index (χ4n) is 4.47. The number of thiazole rings is 1. The van der Waals surface area contributed by atoms with E-state index in [1.165, 1.54) is 11.3 Å². The van der Waals surface area contributed by atoms with Gasteiger partial charge in [0.15, 0.2) is 5.13 Å². The molecule has 4 rings (SSSR count). The van der Waals surface area contributed by atoms with Gasteiger partial charge < -0.3 is 24.8 Å². The van der Waals surface area contributed by atoms with Gasteiger partial charge in [0.1, 0.15) is 12.3 Å². The molecule has 0 saturated carbocycles. The van der Waals surface area contributed by atoms with Gasteiger partial charge in [-0.25, -0.2) is 4.98 Å². The van der Waals surface area contributed by atoms with Crippen LogP contribution in [0, 0.1) is 5.92 Å². The summed E-state index contributed by atoms with van der Waals surface area (Å²) in [5.41, 5.74) is 2.28. The molecule has 1 aliphatic heterocycles. The topological polar surface area (TPSA) is 95.1 Å². The molecule has 0 unspecified atom stereocenters. The van der Waals surface area contributed by atoms with E-state index in [1.54, 1.807) is 41.7 Å². The van der Waals surface area contributed by atoms with E-state index in [-0.39, 0.29) is 36.6 Å². The molecule has 1 fully saturated rings. The molecule has 1 aromatic heterocycles. The summed E-state index contributed by atoms with van der Waals surface area (Å²) >= 11 is 1.28. The van der Waals surface area contributed by atoms with E-state index in [1.807, 2.05) is 49.1 Å². The number of hydrogen-bond acceptors (Lipinski definition) is 7. The molecule has 206 valence electrons. The maximum absolute atomic E-state index is 13.0. The van der Waals surface area contributed by atoms with Crippen molar-refractivity contribution in [2.45, 2.75) is 20.3 Å². The van der Waals surface area contributed by atoms with E-state index in [9.17, 15) is 14.4 Å². The summed E-state index contributed by atoms with van der Waals surface area (Å²) in [5, 5.41) is 5.01. The van der Waals surface area contributed by atoms with Crippen LogP contribution in [0.15, 0.2) is 60.0 Å². The number of ether oxygens (including phenoxy) is 1. The van der Waals surface area contributed by atoms with Gasteiger partial charge in [-0.15, -0.1) is 11.3 Å². The fourth-order valence-corrected chi connectivity index (χ4v) is 5.20. The van der Waals surface area contributed by atoms with Crippen LogP contribution in [-0.4, -0.2) is 78.9 Å². The number of nitrogens with zero attached hydrogens (tertiary/aromatic N) is 4. The Kier molecular flexibility index (Phi) is 9.54. The molecule has 0 bridgehead atoms. The predicted octanol–water partition coefficient (Wildman–Crippen LogP) is 3.78. The second-order valence-electron chi connectivity index (χ2n) is 9.88. The average Bonchev–Trinajstić information content (AvgIpc) is 3.38. The molecule has 0 radical (unpaired) electrons. The number of carbonyl (C=O) groups is 3. The zero-order chi connectivity index (χ0) is 27.8. The summed E-state index contributed by atoms with van der Waals surface area (Å²) in [6, 6.07) is 16.9. The summed E-state index contributed by atoms with van der Waals surface area (Å²) in [6.07, 6.45) is 0.181. The number of amides is 3. The molecule has 10 heteroatoms. The third-order valence-corrected chi connectivity index (χ3v) is 7.23. The van der Waals surface area contributed by atoms with Crippen LogP contribution in [0.2, 0.25) is 0 Å². The van der Waals surface area contributed by atoms with Crippen molar-refractivity contribution in [3.8, 4) is 5.75 Å². The largest absolute Gasteiger partial charge is 0.497 e. The maximum atomic E-state index is 13.0. The monoisotopic (exact) mass is 549 g/mol. The van der Waals surface area contributed by atoms with Crippen LogP contribution in [0.5, 0.6) is 5.75 Å². The molecule has 1 saturated heterocycles. The van der Waals surface area contributed by atoms with E-state index in [4.69, 9.17) is 4.74 Å². The number of aromatic nitrogens is 1. The number of methoxy groups -OCH3 is 1. The predicted molar refractivity (Wildman–Crippen MR) is 153 cm³/mol. The standard InChI is InChI=1S/C29H35N5O4S/c1-21(2)18-34(28(37)22-7-5-4-6-8-22)19-26(35)31-29-30-23(20-39-29)17-27(36)33-15-13-32(14-16-33)24-9-11-25(38-3)12-10-24/h4-12,20-21H,13-19H2,1-3H3,(H,30,31,35). The molecule has 39 heavy (non-hydrogen) atoms. The molecule has 3 amide bonds. The first-order chi connectivity index (χ1) is 18.8. The lowest BCUT2D eigenvalue weighted by Gasteiger charge is -2.36. The minimum Gasteiger partial charge on any atom is -0.497 e. The number of hydrogen-bond donors (Lipinski definition) is 1. The van der Waals surface area contributed by atoms with E-state index in [0.717, 1.165) is 24.5 Å². The van der Waals surface area contributed by atoms with E-state index in [0.29, 0.717) is 36.0 Å². The summed E-state index contributed by atoms with van der Waals surface area (Å²) in [7, 11) is 1.65. The van der Waals surface area contributed by atoms with Crippen molar-refractivity contribution >= 4 is 39.9 Å². The van der Waals surface area contributed by atoms with Crippen molar-refractivity contribution in [2.24, 2.45) is 5.92 Å². The normalized spacial score (nSPS) is 13.3. The average molecular weight is 550 g/mol. The second-order valence-corrected chi connectivity index (χ2v) is 10.7. The van der Waals surface area contributed by atoms with E-state index >= 15 is 0 Å². The SMILES string of the molecule is COc1ccc(N2CCN(C(=O)Cc3csc(NC(=O)CN(CC(C)C)C(=O)c4ccccc4)n3)CC2)cc1. The van der Waals surface area contributed by atoms with Crippen LogP contribution in [0.1, 0.15) is 29.9 Å². The molecular weight excluding hydrogens is 514 g/mol. The lowest BCUT2D eigenvalue weighted by Crippen LogP contribution is -2.49. The highest BCUT2D eigenvalue weighted by molar-refractivity contribution is 7.13. The Hall–Kier alpha value is -3.92. The molecule has 0 aliphatic carbocycles. The van der Waals surface area contributed by atoms with Crippen molar-refractivity contribution < 1.29 is 19.1 Å². The highest BCUT2D eigenvalue weighted by Crippen LogP contribution is 2.21. The molecule has 1 aliphatic rings. The molecule has 0 spiro atoms. The van der Waals surface area contributed by atoms with Gasteiger partial charge in [0, 0.05) is 49.4 Å². The molecule has 2 aromatic carbocycles. The van der Waals surface area contributed by atoms with Gasteiger partial charge in [0.05, 0.1) is 19.2 Å². The first-order valence-electron chi connectivity index (χ1n) is 13.1. The molecule has 3 aromatic rings. The third-order valence-electron chi connectivity index (χ3n) is 6.43. The van der Waals surface area contributed by atoms with Crippen LogP contribution in [0.3, 0.4) is 0 Å². The summed E-state index contributed by atoms with van der Waals surface area (Å²) in [5.74, 6) is 0.545. The number of piperazine rings is 1. The van der Waals surface area contributed by atoms with Gasteiger partial charge in [-0.05, 0) is 42.3 Å². The summed E-state index contributed by atoms with van der Waals surface area (Å²) in [4.78, 5) is 48.8. The Balaban J connectivity index is 1.27. The fraction of sp³-hybridized carbons (Fsp3) is 0.379. The summed E-state index contributed by atoms with van der Waals surface area (Å²) < 4.78 is 5.23. The second kappa shape index (κ2) is 13.2. The Morgan fingerprint density at radius 1 is 1.03 bits per heavy atom.